The Morgan fingerprint density at radius 2 is 1.30 bits per heavy atom. The lowest BCUT2D eigenvalue weighted by molar-refractivity contribution is 0.215. The first-order valence-corrected chi connectivity index (χ1v) is 10.2. The van der Waals surface area contributed by atoms with Gasteiger partial charge in [-0.1, -0.05) is 18.2 Å². The Hall–Kier alpha value is -2.62. The number of anilines is 2. The molecule has 136 valence electrons. The van der Waals surface area contributed by atoms with Crippen LogP contribution in [0.5, 0.6) is 0 Å². The molecule has 4 heterocycles. The highest BCUT2D eigenvalue weighted by atomic mass is 15.5. The smallest absolute Gasteiger partial charge is 0.117 e. The number of allylic oxidation sites excluding steroid dienone is 6. The fourth-order valence-electron chi connectivity index (χ4n) is 6.48. The number of benzene rings is 1. The van der Waals surface area contributed by atoms with Gasteiger partial charge < -0.3 is 19.6 Å². The van der Waals surface area contributed by atoms with Crippen LogP contribution in [0.1, 0.15) is 37.2 Å². The van der Waals surface area contributed by atoms with Crippen molar-refractivity contribution in [2.75, 3.05) is 23.9 Å². The van der Waals surface area contributed by atoms with E-state index in [0.717, 1.165) is 12.8 Å². The minimum atomic E-state index is 0.400. The first-order chi connectivity index (χ1) is 13.3. The predicted molar refractivity (Wildman–Crippen MR) is 108 cm³/mol. The molecule has 0 saturated carbocycles. The average molecular weight is 356 g/mol. The van der Waals surface area contributed by atoms with Gasteiger partial charge in [-0.15, -0.1) is 0 Å². The average Bonchev–Trinajstić information content (AvgIpc) is 3.39. The van der Waals surface area contributed by atoms with Gasteiger partial charge in [-0.25, -0.2) is 0 Å². The Bertz CT molecular complexity index is 937. The van der Waals surface area contributed by atoms with Gasteiger partial charge in [-0.2, -0.15) is 0 Å². The maximum Gasteiger partial charge on any atom is 0.117 e. The molecule has 27 heavy (non-hydrogen) atoms. The van der Waals surface area contributed by atoms with Crippen molar-refractivity contribution in [3.63, 3.8) is 0 Å². The van der Waals surface area contributed by atoms with Crippen LogP contribution in [-0.2, 0) is 0 Å². The second kappa shape index (κ2) is 4.61. The number of fused-ring (bicyclic) bond motifs is 8. The van der Waals surface area contributed by atoms with E-state index >= 15 is 0 Å². The first-order valence-electron chi connectivity index (χ1n) is 10.2. The maximum atomic E-state index is 2.63. The third-order valence-corrected chi connectivity index (χ3v) is 7.49. The molecule has 0 bridgehead atoms. The van der Waals surface area contributed by atoms with Gasteiger partial charge in [0.1, 0.15) is 12.3 Å². The molecule has 6 aliphatic rings. The van der Waals surface area contributed by atoms with Crippen LogP contribution < -0.4 is 9.80 Å². The summed E-state index contributed by atoms with van der Waals surface area (Å²) >= 11 is 0. The minimum absolute atomic E-state index is 0.400. The summed E-state index contributed by atoms with van der Waals surface area (Å²) in [5.74, 6) is 0.490. The van der Waals surface area contributed by atoms with E-state index in [0.29, 0.717) is 18.2 Å². The predicted octanol–water partition coefficient (Wildman–Crippen LogP) is 4.08. The molecule has 2 unspecified atom stereocenters. The summed E-state index contributed by atoms with van der Waals surface area (Å²) in [7, 11) is 4.63. The van der Waals surface area contributed by atoms with Crippen molar-refractivity contribution in [2.24, 2.45) is 0 Å². The van der Waals surface area contributed by atoms with Crippen LogP contribution in [0.4, 0.5) is 11.4 Å². The van der Waals surface area contributed by atoms with Crippen LogP contribution in [0, 0.1) is 0 Å². The van der Waals surface area contributed by atoms with E-state index in [-0.39, 0.29) is 0 Å². The second-order valence-corrected chi connectivity index (χ2v) is 8.57. The molecule has 0 amide bonds. The Morgan fingerprint density at radius 1 is 0.778 bits per heavy atom. The lowest BCUT2D eigenvalue weighted by atomic mass is 9.96. The summed E-state index contributed by atoms with van der Waals surface area (Å²) in [5.41, 5.74) is 10.3. The molecule has 1 aromatic rings. The van der Waals surface area contributed by atoms with Gasteiger partial charge in [-0.3, -0.25) is 0 Å². The number of likely N-dealkylation sites (N-methyl/N-ethyl adjacent to an activating group) is 2. The molecule has 4 heteroatoms. The van der Waals surface area contributed by atoms with Gasteiger partial charge in [0, 0.05) is 42.4 Å². The number of rotatable bonds is 0. The molecule has 4 nitrogen and oxygen atoms in total. The van der Waals surface area contributed by atoms with Crippen molar-refractivity contribution in [1.82, 2.24) is 9.80 Å². The molecular weight excluding hydrogens is 332 g/mol. The van der Waals surface area contributed by atoms with E-state index < -0.39 is 0 Å². The quantitative estimate of drug-likeness (QED) is 0.694. The van der Waals surface area contributed by atoms with E-state index in [1.165, 1.54) is 47.0 Å². The summed E-state index contributed by atoms with van der Waals surface area (Å²) in [6.07, 6.45) is 14.9. The fraction of sp³-hybridized carbons (Fsp3) is 0.391. The van der Waals surface area contributed by atoms with E-state index in [2.05, 4.69) is 76.2 Å². The standard InChI is InChI=1S/C23H24N4/c1-24-14-8-3-5-10-16(14)26-18-12-7-13-19-20(18)21(22(24)26)23-25(2)15-9-4-6-11-17(15)27(19)23/h5-7,10-13,21-23H,3-4,8-9H2,1-2H3. The van der Waals surface area contributed by atoms with Gasteiger partial charge in [0.15, 0.2) is 0 Å². The van der Waals surface area contributed by atoms with E-state index in [9.17, 15) is 0 Å². The fourth-order valence-corrected chi connectivity index (χ4v) is 6.48. The summed E-state index contributed by atoms with van der Waals surface area (Å²) in [4.78, 5) is 10.4. The largest absolute Gasteiger partial charge is 0.355 e. The molecule has 0 N–H and O–H groups in total. The third-order valence-electron chi connectivity index (χ3n) is 7.49. The second-order valence-electron chi connectivity index (χ2n) is 8.57. The molecule has 2 aliphatic carbocycles. The SMILES string of the molecule is CN1C2=C(C=CCC2)N2c3cccc4c3C(C12)C1N(C)C2=C(C=CCC2)N41. The van der Waals surface area contributed by atoms with Gasteiger partial charge in [0.05, 0.1) is 17.3 Å². The summed E-state index contributed by atoms with van der Waals surface area (Å²) in [6.45, 7) is 0. The highest BCUT2D eigenvalue weighted by Crippen LogP contribution is 2.62. The lowest BCUT2D eigenvalue weighted by Crippen LogP contribution is -2.48. The van der Waals surface area contributed by atoms with Crippen molar-refractivity contribution in [3.05, 3.63) is 70.9 Å². The van der Waals surface area contributed by atoms with Gasteiger partial charge in [-0.05, 0) is 50.0 Å². The van der Waals surface area contributed by atoms with Crippen molar-refractivity contribution in [1.29, 1.82) is 0 Å². The zero-order valence-electron chi connectivity index (χ0n) is 15.9. The first kappa shape index (κ1) is 14.4. The number of hydrogen-bond donors (Lipinski definition) is 0. The van der Waals surface area contributed by atoms with Crippen LogP contribution >= 0.6 is 0 Å². The molecule has 0 saturated heterocycles. The van der Waals surface area contributed by atoms with E-state index in [1.54, 1.807) is 5.56 Å². The van der Waals surface area contributed by atoms with Crippen LogP contribution in [0.15, 0.2) is 65.3 Å². The van der Waals surface area contributed by atoms with Crippen molar-refractivity contribution < 1.29 is 0 Å². The molecule has 0 spiro atoms. The molecular formula is C23H24N4. The summed E-state index contributed by atoms with van der Waals surface area (Å²) in [6, 6.07) is 6.94. The molecule has 2 atom stereocenters. The Balaban J connectivity index is 1.46. The van der Waals surface area contributed by atoms with Crippen LogP contribution in [0.2, 0.25) is 0 Å². The molecule has 1 aromatic carbocycles. The summed E-state index contributed by atoms with van der Waals surface area (Å²) in [5, 5.41) is 0. The molecule has 0 fully saturated rings. The number of hydrogen-bond acceptors (Lipinski definition) is 4. The van der Waals surface area contributed by atoms with Crippen LogP contribution in [0.25, 0.3) is 0 Å². The summed E-state index contributed by atoms with van der Waals surface area (Å²) < 4.78 is 0. The zero-order chi connectivity index (χ0) is 17.9. The monoisotopic (exact) mass is 356 g/mol. The Labute approximate surface area is 160 Å². The normalized spacial score (nSPS) is 31.7. The van der Waals surface area contributed by atoms with Crippen molar-refractivity contribution in [3.8, 4) is 0 Å². The molecule has 4 aliphatic heterocycles. The van der Waals surface area contributed by atoms with Gasteiger partial charge in [0.25, 0.3) is 0 Å². The topological polar surface area (TPSA) is 13.0 Å². The highest BCUT2D eigenvalue weighted by molar-refractivity contribution is 5.84. The van der Waals surface area contributed by atoms with E-state index in [1.807, 2.05) is 0 Å². The minimum Gasteiger partial charge on any atom is -0.355 e. The zero-order valence-corrected chi connectivity index (χ0v) is 15.9. The van der Waals surface area contributed by atoms with Gasteiger partial charge in [0.2, 0.25) is 0 Å². The van der Waals surface area contributed by atoms with Crippen molar-refractivity contribution in [2.45, 2.75) is 43.9 Å². The Kier molecular flexibility index (Phi) is 2.47. The maximum absolute atomic E-state index is 2.63. The van der Waals surface area contributed by atoms with Crippen molar-refractivity contribution >= 4 is 11.4 Å². The number of nitrogens with zero attached hydrogens (tertiary/aromatic N) is 4. The Morgan fingerprint density at radius 3 is 1.81 bits per heavy atom. The van der Waals surface area contributed by atoms with Crippen LogP contribution in [-0.4, -0.2) is 36.2 Å². The van der Waals surface area contributed by atoms with E-state index in [4.69, 9.17) is 0 Å². The van der Waals surface area contributed by atoms with Crippen LogP contribution in [0.3, 0.4) is 0 Å². The van der Waals surface area contributed by atoms with Gasteiger partial charge >= 0.3 is 0 Å². The third kappa shape index (κ3) is 1.47. The molecule has 0 aromatic heterocycles. The lowest BCUT2D eigenvalue weighted by Gasteiger charge is -2.37. The highest BCUT2D eigenvalue weighted by Gasteiger charge is 2.59. The molecule has 7 rings (SSSR count). The molecule has 0 radical (unpaired) electrons.